The van der Waals surface area contributed by atoms with E-state index in [4.69, 9.17) is 9.47 Å². The van der Waals surface area contributed by atoms with E-state index in [2.05, 4.69) is 26.6 Å². The van der Waals surface area contributed by atoms with Crippen molar-refractivity contribution in [3.63, 3.8) is 0 Å². The van der Waals surface area contributed by atoms with Crippen LogP contribution in [0.3, 0.4) is 0 Å². The molecule has 2 N–H and O–H groups in total. The minimum Gasteiger partial charge on any atom is -0.483 e. The Morgan fingerprint density at radius 3 is 2.69 bits per heavy atom. The van der Waals surface area contributed by atoms with Crippen molar-refractivity contribution in [2.45, 2.75) is 6.92 Å². The van der Waals surface area contributed by atoms with Gasteiger partial charge in [0.1, 0.15) is 5.75 Å². The highest BCUT2D eigenvalue weighted by atomic mass is 79.9. The van der Waals surface area contributed by atoms with Gasteiger partial charge in [-0.2, -0.15) is 0 Å². The summed E-state index contributed by atoms with van der Waals surface area (Å²) in [6.07, 6.45) is 0. The summed E-state index contributed by atoms with van der Waals surface area (Å²) < 4.78 is 11.2. The normalized spacial score (nSPS) is 10.3. The van der Waals surface area contributed by atoms with Gasteiger partial charge in [0.05, 0.1) is 11.1 Å². The first kappa shape index (κ1) is 19.9. The predicted molar refractivity (Wildman–Crippen MR) is 104 cm³/mol. The van der Waals surface area contributed by atoms with Gasteiger partial charge in [-0.25, -0.2) is 0 Å². The number of carbonyl (C=O) groups is 2. The Kier molecular flexibility index (Phi) is 7.62. The van der Waals surface area contributed by atoms with Crippen molar-refractivity contribution >= 4 is 33.4 Å². The van der Waals surface area contributed by atoms with Crippen molar-refractivity contribution < 1.29 is 19.1 Å². The second-order valence-corrected chi connectivity index (χ2v) is 6.45. The number of amides is 2. The molecule has 0 bridgehead atoms. The number of nitrogens with one attached hydrogen (secondary N) is 2. The topological polar surface area (TPSA) is 76.7 Å². The summed E-state index contributed by atoms with van der Waals surface area (Å²) in [5, 5.41) is 5.45. The molecule has 0 aliphatic heterocycles. The molecule has 0 aromatic heterocycles. The number of aryl methyl sites for hydroxylation is 1. The molecule has 0 aliphatic rings. The monoisotopic (exact) mass is 420 g/mol. The number of carbonyl (C=O) groups excluding carboxylic acids is 2. The third-order valence-electron chi connectivity index (χ3n) is 3.45. The van der Waals surface area contributed by atoms with Crippen LogP contribution in [-0.2, 0) is 9.53 Å². The van der Waals surface area contributed by atoms with Gasteiger partial charge in [-0.1, -0.05) is 12.1 Å². The molecule has 0 aliphatic carbocycles. The van der Waals surface area contributed by atoms with E-state index in [1.54, 1.807) is 37.4 Å². The van der Waals surface area contributed by atoms with Crippen molar-refractivity contribution in [3.05, 3.63) is 58.1 Å². The Hall–Kier alpha value is -2.38. The van der Waals surface area contributed by atoms with Gasteiger partial charge >= 0.3 is 0 Å². The average molecular weight is 421 g/mol. The van der Waals surface area contributed by atoms with Gasteiger partial charge in [0.15, 0.2) is 6.61 Å². The molecule has 2 amide bonds. The second-order valence-electron chi connectivity index (χ2n) is 5.60. The van der Waals surface area contributed by atoms with E-state index >= 15 is 0 Å². The molecule has 2 aromatic rings. The number of hydrogen-bond acceptors (Lipinski definition) is 4. The lowest BCUT2D eigenvalue weighted by atomic mass is 10.2. The zero-order valence-electron chi connectivity index (χ0n) is 14.7. The molecular formula is C19H21BrN2O4. The van der Waals surface area contributed by atoms with Crippen LogP contribution in [0.2, 0.25) is 0 Å². The van der Waals surface area contributed by atoms with Crippen LogP contribution in [0, 0.1) is 6.92 Å². The Morgan fingerprint density at radius 2 is 1.96 bits per heavy atom. The Morgan fingerprint density at radius 1 is 1.15 bits per heavy atom. The Balaban J connectivity index is 1.90. The van der Waals surface area contributed by atoms with E-state index in [0.29, 0.717) is 30.2 Å². The standard InChI is InChI=1S/C19H21BrN2O4/c1-13-6-7-17(16(20)10-13)26-12-18(23)22-15-5-3-4-14(11-15)19(24)21-8-9-25-2/h3-7,10-11H,8-9,12H2,1-2H3,(H,21,24)(H,22,23). The molecule has 0 spiro atoms. The fourth-order valence-electron chi connectivity index (χ4n) is 2.17. The fourth-order valence-corrected chi connectivity index (χ4v) is 2.78. The number of ether oxygens (including phenoxy) is 2. The number of anilines is 1. The van der Waals surface area contributed by atoms with E-state index in [-0.39, 0.29) is 18.4 Å². The quantitative estimate of drug-likeness (QED) is 0.643. The van der Waals surface area contributed by atoms with Gasteiger partial charge in [0.25, 0.3) is 11.8 Å². The van der Waals surface area contributed by atoms with E-state index < -0.39 is 0 Å². The molecule has 0 atom stereocenters. The second kappa shape index (κ2) is 9.94. The lowest BCUT2D eigenvalue weighted by Crippen LogP contribution is -2.27. The number of benzene rings is 2. The maximum atomic E-state index is 12.1. The molecule has 2 aromatic carbocycles. The van der Waals surface area contributed by atoms with Crippen LogP contribution in [0.4, 0.5) is 5.69 Å². The number of rotatable bonds is 8. The largest absolute Gasteiger partial charge is 0.483 e. The van der Waals surface area contributed by atoms with E-state index in [1.807, 2.05) is 19.1 Å². The Labute approximate surface area is 161 Å². The predicted octanol–water partition coefficient (Wildman–Crippen LogP) is 3.15. The van der Waals surface area contributed by atoms with Gasteiger partial charge in [-0.05, 0) is 58.7 Å². The summed E-state index contributed by atoms with van der Waals surface area (Å²) in [6.45, 7) is 2.70. The minimum absolute atomic E-state index is 0.133. The van der Waals surface area contributed by atoms with Crippen LogP contribution in [0.5, 0.6) is 5.75 Å². The first-order valence-electron chi connectivity index (χ1n) is 8.05. The molecule has 7 heteroatoms. The summed E-state index contributed by atoms with van der Waals surface area (Å²) in [5.74, 6) is 0.0597. The fraction of sp³-hybridized carbons (Fsp3) is 0.263. The van der Waals surface area contributed by atoms with E-state index in [9.17, 15) is 9.59 Å². The maximum Gasteiger partial charge on any atom is 0.262 e. The minimum atomic E-state index is -0.311. The molecule has 0 heterocycles. The zero-order valence-corrected chi connectivity index (χ0v) is 16.3. The van der Waals surface area contributed by atoms with Crippen molar-refractivity contribution in [3.8, 4) is 5.75 Å². The smallest absolute Gasteiger partial charge is 0.262 e. The van der Waals surface area contributed by atoms with Crippen LogP contribution in [0.15, 0.2) is 46.9 Å². The highest BCUT2D eigenvalue weighted by molar-refractivity contribution is 9.10. The van der Waals surface area contributed by atoms with Crippen LogP contribution in [-0.4, -0.2) is 38.7 Å². The molecular weight excluding hydrogens is 400 g/mol. The first-order chi connectivity index (χ1) is 12.5. The molecule has 0 radical (unpaired) electrons. The molecule has 2 rings (SSSR count). The average Bonchev–Trinajstić information content (AvgIpc) is 2.61. The lowest BCUT2D eigenvalue weighted by molar-refractivity contribution is -0.118. The Bertz CT molecular complexity index is 780. The molecule has 0 unspecified atom stereocenters. The van der Waals surface area contributed by atoms with Crippen molar-refractivity contribution in [2.75, 3.05) is 32.2 Å². The van der Waals surface area contributed by atoms with Crippen LogP contribution in [0.1, 0.15) is 15.9 Å². The molecule has 138 valence electrons. The van der Waals surface area contributed by atoms with E-state index in [0.717, 1.165) is 10.0 Å². The van der Waals surface area contributed by atoms with Crippen LogP contribution >= 0.6 is 15.9 Å². The van der Waals surface area contributed by atoms with Gasteiger partial charge in [-0.15, -0.1) is 0 Å². The van der Waals surface area contributed by atoms with E-state index in [1.165, 1.54) is 0 Å². The zero-order chi connectivity index (χ0) is 18.9. The number of methoxy groups -OCH3 is 1. The molecule has 0 saturated heterocycles. The maximum absolute atomic E-state index is 12.1. The number of halogens is 1. The lowest BCUT2D eigenvalue weighted by Gasteiger charge is -2.10. The first-order valence-corrected chi connectivity index (χ1v) is 8.85. The van der Waals surface area contributed by atoms with Crippen molar-refractivity contribution in [1.82, 2.24) is 5.32 Å². The number of hydrogen-bond donors (Lipinski definition) is 2. The molecule has 0 saturated carbocycles. The molecule has 6 nitrogen and oxygen atoms in total. The molecule has 0 fully saturated rings. The third kappa shape index (κ3) is 6.16. The van der Waals surface area contributed by atoms with Gasteiger partial charge in [0.2, 0.25) is 0 Å². The van der Waals surface area contributed by atoms with Crippen molar-refractivity contribution in [2.24, 2.45) is 0 Å². The molecule has 26 heavy (non-hydrogen) atoms. The summed E-state index contributed by atoms with van der Waals surface area (Å²) in [7, 11) is 1.57. The summed E-state index contributed by atoms with van der Waals surface area (Å²) in [5.41, 5.74) is 2.08. The summed E-state index contributed by atoms with van der Waals surface area (Å²) in [4.78, 5) is 24.1. The summed E-state index contributed by atoms with van der Waals surface area (Å²) in [6, 6.07) is 12.3. The van der Waals surface area contributed by atoms with Gasteiger partial charge in [-0.3, -0.25) is 9.59 Å². The third-order valence-corrected chi connectivity index (χ3v) is 4.07. The highest BCUT2D eigenvalue weighted by Crippen LogP contribution is 2.25. The summed E-state index contributed by atoms with van der Waals surface area (Å²) >= 11 is 3.41. The van der Waals surface area contributed by atoms with Crippen LogP contribution < -0.4 is 15.4 Å². The van der Waals surface area contributed by atoms with Gasteiger partial charge in [0, 0.05) is 24.9 Å². The van der Waals surface area contributed by atoms with Crippen LogP contribution in [0.25, 0.3) is 0 Å². The van der Waals surface area contributed by atoms with Gasteiger partial charge < -0.3 is 20.1 Å². The highest BCUT2D eigenvalue weighted by Gasteiger charge is 2.09. The SMILES string of the molecule is COCCNC(=O)c1cccc(NC(=O)COc2ccc(C)cc2Br)c1. The van der Waals surface area contributed by atoms with Crippen molar-refractivity contribution in [1.29, 1.82) is 0 Å².